The molecule has 0 rings (SSSR count). The van der Waals surface area contributed by atoms with Crippen LogP contribution < -0.4 is 0 Å². The van der Waals surface area contributed by atoms with Gasteiger partial charge in [-0.05, 0) is 103 Å². The van der Waals surface area contributed by atoms with Gasteiger partial charge in [0.05, 0.1) is 26.2 Å². The number of ether oxygens (including phenoxy) is 3. The zero-order valence-electron chi connectivity index (χ0n) is 43.9. The van der Waals surface area contributed by atoms with Crippen molar-refractivity contribution in [2.45, 2.75) is 226 Å². The van der Waals surface area contributed by atoms with Gasteiger partial charge in [0.2, 0.25) is 0 Å². The van der Waals surface area contributed by atoms with Crippen molar-refractivity contribution in [2.75, 3.05) is 26.4 Å². The molecule has 0 aliphatic rings. The predicted octanol–water partition coefficient (Wildman–Crippen LogP) is 15.7. The molecule has 3 atom stereocenters. The molecular formula is C58H97O11P. The summed E-state index contributed by atoms with van der Waals surface area (Å²) in [6.45, 7) is 4.33. The van der Waals surface area contributed by atoms with Crippen LogP contribution in [0.5, 0.6) is 0 Å². The van der Waals surface area contributed by atoms with Crippen molar-refractivity contribution in [2.24, 2.45) is 0 Å². The van der Waals surface area contributed by atoms with Crippen LogP contribution in [0.15, 0.2) is 97.2 Å². The third kappa shape index (κ3) is 49.4. The summed E-state index contributed by atoms with van der Waals surface area (Å²) >= 11 is 0. The highest BCUT2D eigenvalue weighted by Gasteiger charge is 2.28. The number of aliphatic hydroxyl groups is 1. The van der Waals surface area contributed by atoms with Gasteiger partial charge in [0, 0.05) is 12.8 Å². The van der Waals surface area contributed by atoms with Gasteiger partial charge in [0.25, 0.3) is 0 Å². The van der Waals surface area contributed by atoms with E-state index in [0.29, 0.717) is 19.3 Å². The molecule has 0 saturated carbocycles. The number of unbranched alkanes of at least 4 members (excludes halogenated alkanes) is 17. The summed E-state index contributed by atoms with van der Waals surface area (Å²) < 4.78 is 39.3. The number of esters is 3. The highest BCUT2D eigenvalue weighted by atomic mass is 31.2. The molecule has 0 fully saturated rings. The quantitative estimate of drug-likeness (QED) is 0.0197. The van der Waals surface area contributed by atoms with Crippen LogP contribution in [0, 0.1) is 0 Å². The lowest BCUT2D eigenvalue weighted by atomic mass is 10.1. The third-order valence-electron chi connectivity index (χ3n) is 11.0. The summed E-state index contributed by atoms with van der Waals surface area (Å²) in [6.07, 6.45) is 59.7. The van der Waals surface area contributed by atoms with Gasteiger partial charge in [0.15, 0.2) is 6.10 Å². The minimum Gasteiger partial charge on any atom is -0.462 e. The summed E-state index contributed by atoms with van der Waals surface area (Å²) in [6, 6.07) is 0. The van der Waals surface area contributed by atoms with Gasteiger partial charge >= 0.3 is 25.7 Å². The van der Waals surface area contributed by atoms with Crippen LogP contribution in [-0.2, 0) is 42.2 Å². The molecule has 0 radical (unpaired) electrons. The largest absolute Gasteiger partial charge is 0.472 e. The second kappa shape index (κ2) is 51.7. The van der Waals surface area contributed by atoms with Gasteiger partial charge in [-0.15, -0.1) is 0 Å². The zero-order chi connectivity index (χ0) is 51.3. The summed E-state index contributed by atoms with van der Waals surface area (Å²) in [5.41, 5.74) is 0. The molecule has 0 aromatic heterocycles. The molecule has 400 valence electrons. The molecule has 0 saturated heterocycles. The van der Waals surface area contributed by atoms with Gasteiger partial charge < -0.3 is 24.2 Å². The standard InChI is InChI=1S/C58H97O11P/c1-4-7-10-13-16-19-22-25-27-30-33-36-39-42-45-48-57(61)68-54(50-59)52-66-70(63,64)67-53-55(51-65-56(60)47-44-41-38-35-32-29-24-21-18-15-12-9-6-3)69-58(62)49-46-43-40-37-34-31-28-26-23-20-17-14-11-8-5-2/h8,11,16-17,19-21,24-28,34,37,43,46,54-55,59H,4-7,9-10,12-15,18,22-23,29-33,35-36,38-42,44-45,47-53H2,1-3H3,(H,63,64)/b11-8-,19-16-,20-17-,24-21-,27-25-,28-26-,37-34-,46-43-. The van der Waals surface area contributed by atoms with Gasteiger partial charge in [-0.1, -0.05) is 189 Å². The molecule has 0 aromatic carbocycles. The van der Waals surface area contributed by atoms with Gasteiger partial charge in [-0.2, -0.15) is 0 Å². The average molecular weight is 1000 g/mol. The number of hydrogen-bond donors (Lipinski definition) is 2. The Balaban J connectivity index is 4.86. The normalized spacial score (nSPS) is 14.2. The van der Waals surface area contributed by atoms with Gasteiger partial charge in [-0.3, -0.25) is 23.4 Å². The molecule has 0 heterocycles. The minimum atomic E-state index is -4.78. The van der Waals surface area contributed by atoms with Crippen LogP contribution in [0.4, 0.5) is 0 Å². The maximum absolute atomic E-state index is 12.9. The number of aliphatic hydroxyl groups excluding tert-OH is 1. The van der Waals surface area contributed by atoms with Crippen molar-refractivity contribution < 1.29 is 52.2 Å². The van der Waals surface area contributed by atoms with E-state index in [2.05, 4.69) is 93.7 Å². The Kier molecular flexibility index (Phi) is 49.1. The summed E-state index contributed by atoms with van der Waals surface area (Å²) in [5, 5.41) is 9.79. The first kappa shape index (κ1) is 66.4. The van der Waals surface area contributed by atoms with E-state index >= 15 is 0 Å². The second-order valence-corrected chi connectivity index (χ2v) is 19.1. The summed E-state index contributed by atoms with van der Waals surface area (Å²) in [7, 11) is -4.78. The topological polar surface area (TPSA) is 155 Å². The maximum atomic E-state index is 12.9. The van der Waals surface area contributed by atoms with Crippen molar-refractivity contribution in [1.29, 1.82) is 0 Å². The minimum absolute atomic E-state index is 0.0707. The monoisotopic (exact) mass is 1000 g/mol. The van der Waals surface area contributed by atoms with E-state index in [-0.39, 0.29) is 25.9 Å². The number of carbonyl (C=O) groups is 3. The average Bonchev–Trinajstić information content (AvgIpc) is 3.35. The van der Waals surface area contributed by atoms with E-state index < -0.39 is 57.8 Å². The molecule has 12 heteroatoms. The fourth-order valence-electron chi connectivity index (χ4n) is 6.87. The van der Waals surface area contributed by atoms with Crippen LogP contribution >= 0.6 is 7.82 Å². The molecule has 3 unspecified atom stereocenters. The van der Waals surface area contributed by atoms with E-state index in [1.54, 1.807) is 6.08 Å². The number of phosphoric acid groups is 1. The van der Waals surface area contributed by atoms with Crippen LogP contribution in [-0.4, -0.2) is 66.5 Å². The lowest BCUT2D eigenvalue weighted by Crippen LogP contribution is -2.30. The van der Waals surface area contributed by atoms with E-state index in [1.165, 1.54) is 44.9 Å². The first-order valence-corrected chi connectivity index (χ1v) is 28.6. The number of carbonyl (C=O) groups excluding carboxylic acids is 3. The lowest BCUT2D eigenvalue weighted by Gasteiger charge is -2.21. The van der Waals surface area contributed by atoms with Gasteiger partial charge in [-0.25, -0.2) is 4.57 Å². The van der Waals surface area contributed by atoms with E-state index in [9.17, 15) is 28.9 Å². The molecule has 0 aliphatic carbocycles. The van der Waals surface area contributed by atoms with E-state index in [0.717, 1.165) is 109 Å². The first-order chi connectivity index (χ1) is 34.2. The van der Waals surface area contributed by atoms with Crippen LogP contribution in [0.3, 0.4) is 0 Å². The summed E-state index contributed by atoms with van der Waals surface area (Å²) in [5.74, 6) is -1.65. The molecule has 70 heavy (non-hydrogen) atoms. The highest BCUT2D eigenvalue weighted by molar-refractivity contribution is 7.47. The van der Waals surface area contributed by atoms with Crippen molar-refractivity contribution in [3.8, 4) is 0 Å². The van der Waals surface area contributed by atoms with Crippen LogP contribution in [0.2, 0.25) is 0 Å². The Bertz CT molecular complexity index is 1540. The Hall–Kier alpha value is -3.60. The van der Waals surface area contributed by atoms with Gasteiger partial charge in [0.1, 0.15) is 12.7 Å². The molecule has 0 aromatic rings. The fraction of sp³-hybridized carbons (Fsp3) is 0.672. The fourth-order valence-corrected chi connectivity index (χ4v) is 7.65. The summed E-state index contributed by atoms with van der Waals surface area (Å²) in [4.78, 5) is 48.3. The SMILES string of the molecule is CC/C=C\C/C=C\C/C=C\C/C=C\C/C=C\CC(=O)OC(COC(=O)CCCCCCC/C=C\CCCCCC)COP(=O)(O)OCC(CO)OC(=O)CCCCCCC/C=C\C/C=C\CCCCC. The van der Waals surface area contributed by atoms with Crippen molar-refractivity contribution >= 4 is 25.7 Å². The molecule has 0 spiro atoms. The number of rotatable bonds is 49. The number of allylic oxidation sites excluding steroid dienone is 15. The van der Waals surface area contributed by atoms with Crippen molar-refractivity contribution in [3.63, 3.8) is 0 Å². The van der Waals surface area contributed by atoms with Crippen LogP contribution in [0.25, 0.3) is 0 Å². The van der Waals surface area contributed by atoms with Crippen molar-refractivity contribution in [1.82, 2.24) is 0 Å². The Morgan fingerprint density at radius 2 is 0.800 bits per heavy atom. The Labute approximate surface area is 425 Å². The number of hydrogen-bond acceptors (Lipinski definition) is 10. The van der Waals surface area contributed by atoms with E-state index in [1.807, 2.05) is 18.2 Å². The highest BCUT2D eigenvalue weighted by Crippen LogP contribution is 2.43. The molecule has 0 aliphatic heterocycles. The predicted molar refractivity (Wildman–Crippen MR) is 288 cm³/mol. The van der Waals surface area contributed by atoms with E-state index in [4.69, 9.17) is 23.3 Å². The second-order valence-electron chi connectivity index (χ2n) is 17.7. The van der Waals surface area contributed by atoms with Crippen molar-refractivity contribution in [3.05, 3.63) is 97.2 Å². The molecule has 0 amide bonds. The molecule has 11 nitrogen and oxygen atoms in total. The molecule has 0 bridgehead atoms. The third-order valence-corrected chi connectivity index (χ3v) is 11.9. The zero-order valence-corrected chi connectivity index (χ0v) is 44.8. The Morgan fingerprint density at radius 1 is 0.429 bits per heavy atom. The molecule has 2 N–H and O–H groups in total. The lowest BCUT2D eigenvalue weighted by molar-refractivity contribution is -0.160. The first-order valence-electron chi connectivity index (χ1n) is 27.1. The number of phosphoric ester groups is 1. The Morgan fingerprint density at radius 3 is 1.30 bits per heavy atom. The maximum Gasteiger partial charge on any atom is 0.472 e. The van der Waals surface area contributed by atoms with Crippen LogP contribution in [0.1, 0.15) is 213 Å². The smallest absolute Gasteiger partial charge is 0.462 e. The molecular weight excluding hydrogens is 904 g/mol.